The Labute approximate surface area is 128 Å². The average molecular weight is 302 g/mol. The van der Waals surface area contributed by atoms with Crippen molar-refractivity contribution >= 4 is 6.08 Å². The fourth-order valence-electron chi connectivity index (χ4n) is 2.22. The largest absolute Gasteiger partial charge is 0.416 e. The van der Waals surface area contributed by atoms with Crippen molar-refractivity contribution in [1.82, 2.24) is 0 Å². The molecule has 0 heterocycles. The molecule has 0 nitrogen and oxygen atoms in total. The zero-order valence-corrected chi connectivity index (χ0v) is 12.1. The van der Waals surface area contributed by atoms with Crippen molar-refractivity contribution in [1.29, 1.82) is 0 Å². The molecule has 0 bridgehead atoms. The number of allylic oxidation sites excluding steroid dienone is 2. The summed E-state index contributed by atoms with van der Waals surface area (Å²) in [7, 11) is 0. The monoisotopic (exact) mass is 302 g/mol. The summed E-state index contributed by atoms with van der Waals surface area (Å²) in [5, 5.41) is 0. The third-order valence-corrected chi connectivity index (χ3v) is 3.41. The van der Waals surface area contributed by atoms with Crippen molar-refractivity contribution in [2.75, 3.05) is 0 Å². The van der Waals surface area contributed by atoms with Crippen molar-refractivity contribution in [3.05, 3.63) is 90.0 Å². The molecule has 2 aromatic carbocycles. The third-order valence-electron chi connectivity index (χ3n) is 3.41. The van der Waals surface area contributed by atoms with E-state index in [1.54, 1.807) is 6.08 Å². The zero-order chi connectivity index (χ0) is 16.0. The van der Waals surface area contributed by atoms with Gasteiger partial charge >= 0.3 is 6.18 Å². The van der Waals surface area contributed by atoms with Crippen LogP contribution in [0.3, 0.4) is 0 Å². The lowest BCUT2D eigenvalue weighted by Crippen LogP contribution is -2.05. The molecule has 0 saturated carbocycles. The van der Waals surface area contributed by atoms with E-state index in [-0.39, 0.29) is 5.92 Å². The smallest absolute Gasteiger partial charge is 0.166 e. The van der Waals surface area contributed by atoms with Gasteiger partial charge in [0.05, 0.1) is 5.56 Å². The van der Waals surface area contributed by atoms with Crippen LogP contribution in [0.5, 0.6) is 0 Å². The van der Waals surface area contributed by atoms with Crippen LogP contribution in [-0.4, -0.2) is 0 Å². The highest BCUT2D eigenvalue weighted by molar-refractivity contribution is 5.50. The first-order valence-electron chi connectivity index (χ1n) is 7.02. The summed E-state index contributed by atoms with van der Waals surface area (Å²) >= 11 is 0. The van der Waals surface area contributed by atoms with Crippen LogP contribution in [0.1, 0.15) is 29.0 Å². The van der Waals surface area contributed by atoms with E-state index >= 15 is 0 Å². The van der Waals surface area contributed by atoms with Gasteiger partial charge in [0.2, 0.25) is 0 Å². The Hall–Kier alpha value is -2.29. The van der Waals surface area contributed by atoms with Gasteiger partial charge in [-0.3, -0.25) is 0 Å². The molecule has 0 aliphatic rings. The van der Waals surface area contributed by atoms with E-state index in [1.165, 1.54) is 12.1 Å². The summed E-state index contributed by atoms with van der Waals surface area (Å²) in [5.41, 5.74) is 1.28. The summed E-state index contributed by atoms with van der Waals surface area (Å²) in [4.78, 5) is 0. The quantitative estimate of drug-likeness (QED) is 0.587. The molecule has 0 spiro atoms. The minimum atomic E-state index is -4.30. The highest BCUT2D eigenvalue weighted by Gasteiger charge is 2.30. The number of rotatable bonds is 5. The normalized spacial score (nSPS) is 13.2. The Morgan fingerprint density at radius 2 is 1.59 bits per heavy atom. The molecule has 0 amide bonds. The SMILES string of the molecule is C=CCC(C=Cc1ccccc1)c1ccc(C(F)(F)F)cc1. The predicted molar refractivity (Wildman–Crippen MR) is 84.5 cm³/mol. The van der Waals surface area contributed by atoms with E-state index in [1.807, 2.05) is 42.5 Å². The molecular formula is C19H17F3. The van der Waals surface area contributed by atoms with Crippen LogP contribution in [-0.2, 0) is 6.18 Å². The van der Waals surface area contributed by atoms with Crippen LogP contribution in [0.2, 0.25) is 0 Å². The van der Waals surface area contributed by atoms with Gasteiger partial charge in [0.15, 0.2) is 0 Å². The molecule has 1 unspecified atom stereocenters. The summed E-state index contributed by atoms with van der Waals surface area (Å²) in [6.45, 7) is 3.72. The van der Waals surface area contributed by atoms with Gasteiger partial charge in [-0.2, -0.15) is 13.2 Å². The van der Waals surface area contributed by atoms with Gasteiger partial charge in [-0.25, -0.2) is 0 Å². The number of hydrogen-bond acceptors (Lipinski definition) is 0. The summed E-state index contributed by atoms with van der Waals surface area (Å²) in [6.07, 6.45) is 2.13. The maximum atomic E-state index is 12.6. The lowest BCUT2D eigenvalue weighted by molar-refractivity contribution is -0.137. The molecule has 114 valence electrons. The first kappa shape index (κ1) is 16.1. The average Bonchev–Trinajstić information content (AvgIpc) is 2.52. The molecule has 0 saturated heterocycles. The van der Waals surface area contributed by atoms with Crippen molar-refractivity contribution in [3.63, 3.8) is 0 Å². The highest BCUT2D eigenvalue weighted by atomic mass is 19.4. The third kappa shape index (κ3) is 4.35. The van der Waals surface area contributed by atoms with E-state index in [2.05, 4.69) is 6.58 Å². The molecule has 1 atom stereocenters. The molecule has 0 radical (unpaired) electrons. The summed E-state index contributed by atoms with van der Waals surface area (Å²) in [5.74, 6) is 0.0139. The number of alkyl halides is 3. The Kier molecular flexibility index (Phi) is 5.21. The lowest BCUT2D eigenvalue weighted by atomic mass is 9.93. The van der Waals surface area contributed by atoms with Crippen molar-refractivity contribution in [2.24, 2.45) is 0 Å². The minimum Gasteiger partial charge on any atom is -0.166 e. The molecule has 0 aliphatic carbocycles. The molecule has 0 fully saturated rings. The van der Waals surface area contributed by atoms with Crippen LogP contribution < -0.4 is 0 Å². The predicted octanol–water partition coefficient (Wildman–Crippen LogP) is 6.08. The van der Waals surface area contributed by atoms with Gasteiger partial charge in [-0.05, 0) is 29.7 Å². The van der Waals surface area contributed by atoms with Crippen molar-refractivity contribution in [2.45, 2.75) is 18.5 Å². The molecule has 0 N–H and O–H groups in total. The van der Waals surface area contributed by atoms with E-state index in [0.29, 0.717) is 6.42 Å². The maximum absolute atomic E-state index is 12.6. The first-order chi connectivity index (χ1) is 10.5. The maximum Gasteiger partial charge on any atom is 0.416 e. The fourth-order valence-corrected chi connectivity index (χ4v) is 2.22. The van der Waals surface area contributed by atoms with Crippen LogP contribution in [0.15, 0.2) is 73.3 Å². The van der Waals surface area contributed by atoms with E-state index in [9.17, 15) is 13.2 Å². The summed E-state index contributed by atoms with van der Waals surface area (Å²) < 4.78 is 37.8. The van der Waals surface area contributed by atoms with Gasteiger partial charge in [-0.15, -0.1) is 6.58 Å². The molecule has 0 aromatic heterocycles. The Morgan fingerprint density at radius 1 is 0.955 bits per heavy atom. The number of benzene rings is 2. The highest BCUT2D eigenvalue weighted by Crippen LogP contribution is 2.31. The second kappa shape index (κ2) is 7.12. The molecule has 22 heavy (non-hydrogen) atoms. The van der Waals surface area contributed by atoms with E-state index in [4.69, 9.17) is 0 Å². The van der Waals surface area contributed by atoms with E-state index in [0.717, 1.165) is 23.3 Å². The second-order valence-electron chi connectivity index (χ2n) is 5.02. The summed E-state index contributed by atoms with van der Waals surface area (Å²) in [6, 6.07) is 15.1. The topological polar surface area (TPSA) is 0 Å². The van der Waals surface area contributed by atoms with Crippen LogP contribution in [0.25, 0.3) is 6.08 Å². The standard InChI is InChI=1S/C19H17F3/c1-2-6-16(10-9-15-7-4-3-5-8-15)17-11-13-18(14-12-17)19(20,21)22/h2-5,7-14,16H,1,6H2. The van der Waals surface area contributed by atoms with E-state index < -0.39 is 11.7 Å². The van der Waals surface area contributed by atoms with Crippen LogP contribution in [0, 0.1) is 0 Å². The molecule has 0 aliphatic heterocycles. The first-order valence-corrected chi connectivity index (χ1v) is 7.02. The number of halogens is 3. The Morgan fingerprint density at radius 3 is 2.14 bits per heavy atom. The number of hydrogen-bond donors (Lipinski definition) is 0. The zero-order valence-electron chi connectivity index (χ0n) is 12.1. The van der Waals surface area contributed by atoms with Crippen LogP contribution >= 0.6 is 0 Å². The Balaban J connectivity index is 2.21. The van der Waals surface area contributed by atoms with Gasteiger partial charge in [0.25, 0.3) is 0 Å². The lowest BCUT2D eigenvalue weighted by Gasteiger charge is -2.13. The molecular weight excluding hydrogens is 285 g/mol. The molecule has 3 heteroatoms. The van der Waals surface area contributed by atoms with Gasteiger partial charge in [0.1, 0.15) is 0 Å². The van der Waals surface area contributed by atoms with Gasteiger partial charge in [-0.1, -0.05) is 60.7 Å². The molecule has 2 rings (SSSR count). The minimum absolute atomic E-state index is 0.0139. The Bertz CT molecular complexity index is 622. The van der Waals surface area contributed by atoms with Gasteiger partial charge in [0, 0.05) is 5.92 Å². The van der Waals surface area contributed by atoms with Gasteiger partial charge < -0.3 is 0 Å². The second-order valence-corrected chi connectivity index (χ2v) is 5.02. The van der Waals surface area contributed by atoms with Crippen molar-refractivity contribution in [3.8, 4) is 0 Å². The van der Waals surface area contributed by atoms with Crippen molar-refractivity contribution < 1.29 is 13.2 Å². The molecule has 2 aromatic rings. The van der Waals surface area contributed by atoms with Crippen LogP contribution in [0.4, 0.5) is 13.2 Å². The fraction of sp³-hybridized carbons (Fsp3) is 0.158.